The smallest absolute Gasteiger partial charge is 0.321 e. The Morgan fingerprint density at radius 2 is 1.19 bits per heavy atom. The molecule has 0 aromatic heterocycles. The van der Waals surface area contributed by atoms with E-state index in [0.717, 1.165) is 0 Å². The molecule has 5 heteroatoms. The van der Waals surface area contributed by atoms with Gasteiger partial charge in [-0.1, -0.05) is 36.4 Å². The lowest BCUT2D eigenvalue weighted by Crippen LogP contribution is -2.43. The number of likely N-dealkylation sites (N-methyl/N-ethyl adjacent to an activating group) is 1. The SMILES string of the molecule is CCN(C(=O)C(=O)N(c1ccccc1)c1ccc(N)cc1)c1ccccc1. The van der Waals surface area contributed by atoms with E-state index in [1.165, 1.54) is 9.80 Å². The Morgan fingerprint density at radius 1 is 0.704 bits per heavy atom. The molecule has 0 aliphatic carbocycles. The number of carbonyl (C=O) groups excluding carboxylic acids is 2. The van der Waals surface area contributed by atoms with Gasteiger partial charge in [0, 0.05) is 29.3 Å². The highest BCUT2D eigenvalue weighted by Gasteiger charge is 2.29. The molecule has 0 bridgehead atoms. The quantitative estimate of drug-likeness (QED) is 0.566. The number of para-hydroxylation sites is 2. The first-order chi connectivity index (χ1) is 13.1. The van der Waals surface area contributed by atoms with Crippen molar-refractivity contribution in [3.63, 3.8) is 0 Å². The number of benzene rings is 3. The summed E-state index contributed by atoms with van der Waals surface area (Å²) in [5.41, 5.74) is 8.24. The van der Waals surface area contributed by atoms with Gasteiger partial charge in [0.1, 0.15) is 0 Å². The predicted octanol–water partition coefficient (Wildman–Crippen LogP) is 3.99. The second-order valence-corrected chi connectivity index (χ2v) is 5.95. The molecule has 3 rings (SSSR count). The van der Waals surface area contributed by atoms with E-state index < -0.39 is 11.8 Å². The monoisotopic (exact) mass is 359 g/mol. The van der Waals surface area contributed by atoms with Crippen LogP contribution in [0.4, 0.5) is 22.7 Å². The van der Waals surface area contributed by atoms with Crippen LogP contribution in [0.3, 0.4) is 0 Å². The van der Waals surface area contributed by atoms with Crippen LogP contribution in [0.1, 0.15) is 6.92 Å². The molecule has 0 saturated carbocycles. The normalized spacial score (nSPS) is 10.3. The second-order valence-electron chi connectivity index (χ2n) is 5.95. The summed E-state index contributed by atoms with van der Waals surface area (Å²) in [6.07, 6.45) is 0. The van der Waals surface area contributed by atoms with Gasteiger partial charge in [0.2, 0.25) is 0 Å². The van der Waals surface area contributed by atoms with Crippen LogP contribution in [-0.2, 0) is 9.59 Å². The van der Waals surface area contributed by atoms with Crippen molar-refractivity contribution in [3.8, 4) is 0 Å². The molecule has 0 radical (unpaired) electrons. The van der Waals surface area contributed by atoms with E-state index in [1.807, 2.05) is 55.5 Å². The van der Waals surface area contributed by atoms with E-state index in [1.54, 1.807) is 36.4 Å². The molecule has 0 spiro atoms. The number of nitrogen functional groups attached to an aromatic ring is 1. The van der Waals surface area contributed by atoms with Gasteiger partial charge in [-0.15, -0.1) is 0 Å². The molecule has 136 valence electrons. The summed E-state index contributed by atoms with van der Waals surface area (Å²) in [5.74, 6) is -1.22. The summed E-state index contributed by atoms with van der Waals surface area (Å²) in [5, 5.41) is 0. The van der Waals surface area contributed by atoms with Gasteiger partial charge in [-0.3, -0.25) is 14.5 Å². The van der Waals surface area contributed by atoms with Crippen LogP contribution in [0.2, 0.25) is 0 Å². The standard InChI is InChI=1S/C22H21N3O2/c1-2-24(18-9-5-3-6-10-18)21(26)22(27)25(19-11-7-4-8-12-19)20-15-13-17(23)14-16-20/h3-16H,2,23H2,1H3. The lowest BCUT2D eigenvalue weighted by molar-refractivity contribution is -0.135. The molecule has 5 nitrogen and oxygen atoms in total. The van der Waals surface area contributed by atoms with Crippen molar-refractivity contribution in [2.75, 3.05) is 22.1 Å². The number of anilines is 4. The highest BCUT2D eigenvalue weighted by Crippen LogP contribution is 2.27. The minimum Gasteiger partial charge on any atom is -0.399 e. The van der Waals surface area contributed by atoms with Crippen LogP contribution >= 0.6 is 0 Å². The highest BCUT2D eigenvalue weighted by molar-refractivity contribution is 6.46. The largest absolute Gasteiger partial charge is 0.399 e. The van der Waals surface area contributed by atoms with E-state index in [-0.39, 0.29) is 0 Å². The van der Waals surface area contributed by atoms with Crippen LogP contribution in [0.15, 0.2) is 84.9 Å². The Hall–Kier alpha value is -3.60. The average Bonchev–Trinajstić information content (AvgIpc) is 2.71. The summed E-state index contributed by atoms with van der Waals surface area (Å²) < 4.78 is 0. The Balaban J connectivity index is 2.00. The molecule has 2 N–H and O–H groups in total. The fraction of sp³-hybridized carbons (Fsp3) is 0.0909. The van der Waals surface area contributed by atoms with Crippen molar-refractivity contribution in [1.29, 1.82) is 0 Å². The Bertz CT molecular complexity index is 909. The molecule has 3 aromatic carbocycles. The third-order valence-electron chi connectivity index (χ3n) is 4.18. The predicted molar refractivity (Wildman–Crippen MR) is 109 cm³/mol. The molecule has 0 unspecified atom stereocenters. The van der Waals surface area contributed by atoms with E-state index in [4.69, 9.17) is 5.73 Å². The van der Waals surface area contributed by atoms with Crippen LogP contribution < -0.4 is 15.5 Å². The summed E-state index contributed by atoms with van der Waals surface area (Å²) in [6, 6.07) is 25.1. The Labute approximate surface area is 158 Å². The maximum absolute atomic E-state index is 13.2. The van der Waals surface area contributed by atoms with Gasteiger partial charge in [0.15, 0.2) is 0 Å². The first kappa shape index (κ1) is 18.2. The average molecular weight is 359 g/mol. The number of amides is 2. The van der Waals surface area contributed by atoms with Gasteiger partial charge >= 0.3 is 11.8 Å². The molecule has 0 fully saturated rings. The molecular weight excluding hydrogens is 338 g/mol. The summed E-state index contributed by atoms with van der Waals surface area (Å²) in [7, 11) is 0. The number of rotatable bonds is 4. The zero-order valence-corrected chi connectivity index (χ0v) is 15.1. The summed E-state index contributed by atoms with van der Waals surface area (Å²) in [6.45, 7) is 2.23. The Morgan fingerprint density at radius 3 is 1.70 bits per heavy atom. The van der Waals surface area contributed by atoms with Crippen molar-refractivity contribution in [2.24, 2.45) is 0 Å². The minimum absolute atomic E-state index is 0.388. The van der Waals surface area contributed by atoms with Crippen molar-refractivity contribution in [2.45, 2.75) is 6.92 Å². The van der Waals surface area contributed by atoms with Gasteiger partial charge in [-0.25, -0.2) is 0 Å². The third kappa shape index (κ3) is 3.98. The van der Waals surface area contributed by atoms with Gasteiger partial charge in [-0.2, -0.15) is 0 Å². The first-order valence-electron chi connectivity index (χ1n) is 8.73. The molecular formula is C22H21N3O2. The lowest BCUT2D eigenvalue weighted by Gasteiger charge is -2.26. The third-order valence-corrected chi connectivity index (χ3v) is 4.18. The molecule has 2 amide bonds. The van der Waals surface area contributed by atoms with Crippen LogP contribution in [0.25, 0.3) is 0 Å². The summed E-state index contributed by atoms with van der Waals surface area (Å²) in [4.78, 5) is 29.1. The maximum atomic E-state index is 13.2. The zero-order valence-electron chi connectivity index (χ0n) is 15.1. The number of hydrogen-bond donors (Lipinski definition) is 1. The van der Waals surface area contributed by atoms with Crippen molar-refractivity contribution < 1.29 is 9.59 Å². The summed E-state index contributed by atoms with van der Waals surface area (Å²) >= 11 is 0. The molecule has 0 atom stereocenters. The number of nitrogens with zero attached hydrogens (tertiary/aromatic N) is 2. The Kier molecular flexibility index (Phi) is 5.52. The fourth-order valence-corrected chi connectivity index (χ4v) is 2.85. The number of nitrogens with two attached hydrogens (primary N) is 1. The van der Waals surface area contributed by atoms with E-state index in [9.17, 15) is 9.59 Å². The molecule has 0 aliphatic heterocycles. The number of hydrogen-bond acceptors (Lipinski definition) is 3. The van der Waals surface area contributed by atoms with E-state index in [2.05, 4.69) is 0 Å². The molecule has 0 heterocycles. The number of carbonyl (C=O) groups is 2. The second kappa shape index (κ2) is 8.19. The molecule has 3 aromatic rings. The lowest BCUT2D eigenvalue weighted by atomic mass is 10.2. The van der Waals surface area contributed by atoms with Gasteiger partial charge in [0.25, 0.3) is 0 Å². The topological polar surface area (TPSA) is 66.6 Å². The van der Waals surface area contributed by atoms with Crippen LogP contribution in [0.5, 0.6) is 0 Å². The van der Waals surface area contributed by atoms with Crippen molar-refractivity contribution >= 4 is 34.6 Å². The van der Waals surface area contributed by atoms with Gasteiger partial charge < -0.3 is 10.6 Å². The van der Waals surface area contributed by atoms with Crippen molar-refractivity contribution in [3.05, 3.63) is 84.9 Å². The highest BCUT2D eigenvalue weighted by atomic mass is 16.2. The fourth-order valence-electron chi connectivity index (χ4n) is 2.85. The van der Waals surface area contributed by atoms with Crippen molar-refractivity contribution in [1.82, 2.24) is 0 Å². The minimum atomic E-state index is -0.628. The van der Waals surface area contributed by atoms with Gasteiger partial charge in [-0.05, 0) is 55.5 Å². The molecule has 0 aliphatic rings. The zero-order chi connectivity index (χ0) is 19.2. The van der Waals surface area contributed by atoms with E-state index >= 15 is 0 Å². The molecule has 0 saturated heterocycles. The van der Waals surface area contributed by atoms with Crippen LogP contribution in [0, 0.1) is 0 Å². The van der Waals surface area contributed by atoms with E-state index in [0.29, 0.717) is 29.3 Å². The maximum Gasteiger partial charge on any atom is 0.321 e. The van der Waals surface area contributed by atoms with Crippen LogP contribution in [-0.4, -0.2) is 18.4 Å². The first-order valence-corrected chi connectivity index (χ1v) is 8.73. The molecule has 27 heavy (non-hydrogen) atoms. The van der Waals surface area contributed by atoms with Gasteiger partial charge in [0.05, 0.1) is 0 Å².